The van der Waals surface area contributed by atoms with Gasteiger partial charge in [0.25, 0.3) is 0 Å². The van der Waals surface area contributed by atoms with E-state index in [4.69, 9.17) is 9.47 Å². The lowest BCUT2D eigenvalue weighted by atomic mass is 10.2. The van der Waals surface area contributed by atoms with Gasteiger partial charge in [0.2, 0.25) is 10.0 Å². The zero-order valence-corrected chi connectivity index (χ0v) is 18.5. The molecule has 0 spiro atoms. The average Bonchev–Trinajstić information content (AvgIpc) is 3.13. The number of methoxy groups -OCH3 is 2. The van der Waals surface area contributed by atoms with E-state index in [2.05, 4.69) is 28.8 Å². The van der Waals surface area contributed by atoms with Gasteiger partial charge in [-0.3, -0.25) is 0 Å². The second kappa shape index (κ2) is 9.20. The minimum Gasteiger partial charge on any atom is -0.383 e. The summed E-state index contributed by atoms with van der Waals surface area (Å²) in [4.78, 5) is 0.254. The second-order valence-corrected chi connectivity index (χ2v) is 9.19. The summed E-state index contributed by atoms with van der Waals surface area (Å²) in [5.41, 5.74) is 3.08. The fraction of sp³-hybridized carbons (Fsp3) is 0.250. The van der Waals surface area contributed by atoms with E-state index in [0.29, 0.717) is 13.2 Å². The lowest BCUT2D eigenvalue weighted by Gasteiger charge is -2.21. The molecular formula is C24H26N2O4S. The van der Waals surface area contributed by atoms with Crippen molar-refractivity contribution >= 4 is 31.8 Å². The third-order valence-corrected chi connectivity index (χ3v) is 7.32. The molecule has 7 heteroatoms. The largest absolute Gasteiger partial charge is 0.383 e. The summed E-state index contributed by atoms with van der Waals surface area (Å²) < 4.78 is 40.1. The van der Waals surface area contributed by atoms with Crippen molar-refractivity contribution in [3.8, 4) is 5.69 Å². The maximum atomic E-state index is 13.2. The van der Waals surface area contributed by atoms with Crippen molar-refractivity contribution in [1.82, 2.24) is 8.87 Å². The van der Waals surface area contributed by atoms with Crippen LogP contribution in [0.3, 0.4) is 0 Å². The van der Waals surface area contributed by atoms with Crippen molar-refractivity contribution < 1.29 is 17.9 Å². The van der Waals surface area contributed by atoms with Crippen molar-refractivity contribution in [2.45, 2.75) is 4.90 Å². The van der Waals surface area contributed by atoms with E-state index in [0.717, 1.165) is 16.7 Å². The molecule has 0 saturated heterocycles. The van der Waals surface area contributed by atoms with Crippen LogP contribution in [-0.2, 0) is 19.5 Å². The average molecular weight is 439 g/mol. The summed E-state index contributed by atoms with van der Waals surface area (Å²) in [5.74, 6) is 0. The fourth-order valence-corrected chi connectivity index (χ4v) is 5.26. The number of aromatic nitrogens is 1. The predicted octanol–water partition coefficient (Wildman–Crippen LogP) is 4.07. The number of nitrogens with zero attached hydrogens (tertiary/aromatic N) is 2. The Morgan fingerprint density at radius 2 is 1.23 bits per heavy atom. The third-order valence-electron chi connectivity index (χ3n) is 5.40. The molecule has 0 fully saturated rings. The Morgan fingerprint density at radius 3 is 1.71 bits per heavy atom. The number of para-hydroxylation sites is 2. The molecule has 6 nitrogen and oxygen atoms in total. The lowest BCUT2D eigenvalue weighted by Crippen LogP contribution is -2.36. The maximum Gasteiger partial charge on any atom is 0.243 e. The smallest absolute Gasteiger partial charge is 0.243 e. The molecule has 0 aliphatic rings. The molecular weight excluding hydrogens is 412 g/mol. The molecule has 0 aliphatic heterocycles. The first-order valence-electron chi connectivity index (χ1n) is 10.1. The van der Waals surface area contributed by atoms with Crippen molar-refractivity contribution in [2.24, 2.45) is 0 Å². The van der Waals surface area contributed by atoms with Crippen LogP contribution in [0, 0.1) is 0 Å². The molecule has 0 amide bonds. The normalized spacial score (nSPS) is 12.2. The monoisotopic (exact) mass is 438 g/mol. The number of rotatable bonds is 9. The molecule has 0 N–H and O–H groups in total. The van der Waals surface area contributed by atoms with Crippen LogP contribution >= 0.6 is 0 Å². The summed E-state index contributed by atoms with van der Waals surface area (Å²) in [6, 6.07) is 23.5. The van der Waals surface area contributed by atoms with E-state index in [9.17, 15) is 8.42 Å². The Morgan fingerprint density at radius 1 is 0.742 bits per heavy atom. The van der Waals surface area contributed by atoms with E-state index in [1.54, 1.807) is 26.4 Å². The first-order valence-corrected chi connectivity index (χ1v) is 11.6. The zero-order chi connectivity index (χ0) is 21.8. The van der Waals surface area contributed by atoms with E-state index < -0.39 is 10.0 Å². The topological polar surface area (TPSA) is 60.8 Å². The molecule has 0 aliphatic carbocycles. The maximum absolute atomic E-state index is 13.2. The summed E-state index contributed by atoms with van der Waals surface area (Å²) in [6.45, 7) is 1.19. The van der Waals surface area contributed by atoms with E-state index >= 15 is 0 Å². The highest BCUT2D eigenvalue weighted by atomic mass is 32.2. The van der Waals surface area contributed by atoms with Gasteiger partial charge in [0, 0.05) is 43.8 Å². The molecule has 162 valence electrons. The second-order valence-electron chi connectivity index (χ2n) is 7.25. The number of fused-ring (bicyclic) bond motifs is 3. The van der Waals surface area contributed by atoms with Gasteiger partial charge in [0.15, 0.2) is 0 Å². The number of hydrogen-bond donors (Lipinski definition) is 0. The van der Waals surface area contributed by atoms with E-state index in [1.807, 2.05) is 36.4 Å². The van der Waals surface area contributed by atoms with Crippen molar-refractivity contribution in [2.75, 3.05) is 40.5 Å². The minimum atomic E-state index is -3.65. The van der Waals surface area contributed by atoms with Gasteiger partial charge < -0.3 is 14.0 Å². The van der Waals surface area contributed by atoms with Gasteiger partial charge >= 0.3 is 0 Å². The van der Waals surface area contributed by atoms with E-state index in [-0.39, 0.29) is 18.0 Å². The van der Waals surface area contributed by atoms with Gasteiger partial charge in [-0.1, -0.05) is 36.4 Å². The lowest BCUT2D eigenvalue weighted by molar-refractivity contribution is 0.150. The van der Waals surface area contributed by atoms with Gasteiger partial charge in [-0.05, 0) is 36.4 Å². The van der Waals surface area contributed by atoms with Gasteiger partial charge in [-0.25, -0.2) is 8.42 Å². The molecule has 0 bridgehead atoms. The van der Waals surface area contributed by atoms with Gasteiger partial charge in [0.1, 0.15) is 0 Å². The summed E-state index contributed by atoms with van der Waals surface area (Å²) in [5, 5.41) is 2.33. The summed E-state index contributed by atoms with van der Waals surface area (Å²) in [6.07, 6.45) is 0. The number of ether oxygens (including phenoxy) is 2. The highest BCUT2D eigenvalue weighted by Crippen LogP contribution is 2.32. The molecule has 0 radical (unpaired) electrons. The van der Waals surface area contributed by atoms with Crippen LogP contribution in [0.2, 0.25) is 0 Å². The Bertz CT molecular complexity index is 1220. The number of hydrogen-bond acceptors (Lipinski definition) is 4. The quantitative estimate of drug-likeness (QED) is 0.395. The molecule has 0 saturated carbocycles. The Kier molecular flexibility index (Phi) is 6.38. The Balaban J connectivity index is 1.74. The SMILES string of the molecule is COCCN(CCOC)S(=O)(=O)c1ccc(-n2c3ccccc3c3ccccc32)cc1. The molecule has 4 aromatic rings. The van der Waals surface area contributed by atoms with Crippen LogP contribution < -0.4 is 0 Å². The minimum absolute atomic E-state index is 0.254. The first kappa shape index (κ1) is 21.5. The van der Waals surface area contributed by atoms with E-state index in [1.165, 1.54) is 15.1 Å². The highest BCUT2D eigenvalue weighted by molar-refractivity contribution is 7.89. The Hall–Kier alpha value is -2.71. The standard InChI is InChI=1S/C24H26N2O4S/c1-29-17-15-25(16-18-30-2)31(27,28)20-13-11-19(12-14-20)26-23-9-5-3-7-21(23)22-8-4-6-10-24(22)26/h3-14H,15-18H2,1-2H3. The van der Waals surface area contributed by atoms with Gasteiger partial charge in [0.05, 0.1) is 29.1 Å². The molecule has 31 heavy (non-hydrogen) atoms. The molecule has 0 unspecified atom stereocenters. The van der Waals surface area contributed by atoms with Crippen LogP contribution in [-0.4, -0.2) is 57.8 Å². The molecule has 3 aromatic carbocycles. The number of benzene rings is 3. The van der Waals surface area contributed by atoms with Crippen molar-refractivity contribution in [3.05, 3.63) is 72.8 Å². The van der Waals surface area contributed by atoms with Gasteiger partial charge in [-0.2, -0.15) is 4.31 Å². The Labute approximate surface area is 182 Å². The third kappa shape index (κ3) is 4.09. The van der Waals surface area contributed by atoms with Gasteiger partial charge in [-0.15, -0.1) is 0 Å². The first-order chi connectivity index (χ1) is 15.1. The molecule has 4 rings (SSSR count). The summed E-state index contributed by atoms with van der Waals surface area (Å²) in [7, 11) is -0.538. The molecule has 1 aromatic heterocycles. The predicted molar refractivity (Wildman–Crippen MR) is 123 cm³/mol. The van der Waals surface area contributed by atoms with Crippen LogP contribution in [0.15, 0.2) is 77.7 Å². The van der Waals surface area contributed by atoms with Crippen molar-refractivity contribution in [3.63, 3.8) is 0 Å². The molecule has 0 atom stereocenters. The van der Waals surface area contributed by atoms with Crippen LogP contribution in [0.5, 0.6) is 0 Å². The number of sulfonamides is 1. The van der Waals surface area contributed by atoms with Crippen LogP contribution in [0.1, 0.15) is 0 Å². The van der Waals surface area contributed by atoms with Crippen LogP contribution in [0.25, 0.3) is 27.5 Å². The zero-order valence-electron chi connectivity index (χ0n) is 17.7. The molecule has 1 heterocycles. The fourth-order valence-electron chi connectivity index (χ4n) is 3.86. The van der Waals surface area contributed by atoms with Crippen LogP contribution in [0.4, 0.5) is 0 Å². The summed E-state index contributed by atoms with van der Waals surface area (Å²) >= 11 is 0. The highest BCUT2D eigenvalue weighted by Gasteiger charge is 2.24. The van der Waals surface area contributed by atoms with Crippen molar-refractivity contribution in [1.29, 1.82) is 0 Å².